The van der Waals surface area contributed by atoms with Crippen molar-refractivity contribution in [2.45, 2.75) is 32.9 Å². The first-order valence-corrected chi connectivity index (χ1v) is 11.2. The Labute approximate surface area is 201 Å². The number of halogens is 2. The molecule has 0 atom stereocenters. The second-order valence-corrected chi connectivity index (χ2v) is 8.01. The number of aromatic nitrogens is 4. The van der Waals surface area contributed by atoms with Crippen LogP contribution in [0.1, 0.15) is 24.6 Å². The van der Waals surface area contributed by atoms with E-state index in [1.807, 2.05) is 37.5 Å². The maximum Gasteiger partial charge on any atom is 0.397 e. The number of nitrogens with zero attached hydrogens (tertiary/aromatic N) is 4. The normalized spacial score (nSPS) is 11.6. The zero-order valence-electron chi connectivity index (χ0n) is 19.8. The van der Waals surface area contributed by atoms with Crippen molar-refractivity contribution in [1.29, 1.82) is 0 Å². The van der Waals surface area contributed by atoms with Crippen LogP contribution in [-0.2, 0) is 11.3 Å². The second-order valence-electron chi connectivity index (χ2n) is 8.01. The van der Waals surface area contributed by atoms with Crippen molar-refractivity contribution < 1.29 is 22.8 Å². The summed E-state index contributed by atoms with van der Waals surface area (Å²) in [7, 11) is 1.66. The Morgan fingerprint density at radius 3 is 2.60 bits per heavy atom. The minimum absolute atomic E-state index is 0.0744. The summed E-state index contributed by atoms with van der Waals surface area (Å²) in [4.78, 5) is 8.91. The SMILES string of the molecule is CCC(F)(F)Oc1ccc(-c2noc(-c3cc(C)n(Cc4ccc(NCCOC)nc4)c3)n2)cc1. The molecule has 0 spiro atoms. The molecule has 35 heavy (non-hydrogen) atoms. The van der Waals surface area contributed by atoms with E-state index in [2.05, 4.69) is 25.0 Å². The van der Waals surface area contributed by atoms with E-state index in [0.29, 0.717) is 37.0 Å². The van der Waals surface area contributed by atoms with Crippen LogP contribution >= 0.6 is 0 Å². The molecule has 4 rings (SSSR count). The van der Waals surface area contributed by atoms with Crippen LogP contribution in [0.25, 0.3) is 22.8 Å². The van der Waals surface area contributed by atoms with Gasteiger partial charge in [0.1, 0.15) is 11.6 Å². The molecule has 0 saturated carbocycles. The third-order valence-corrected chi connectivity index (χ3v) is 5.37. The van der Waals surface area contributed by atoms with Crippen LogP contribution in [0.15, 0.2) is 59.4 Å². The van der Waals surface area contributed by atoms with E-state index in [0.717, 1.165) is 22.6 Å². The molecule has 0 radical (unpaired) electrons. The summed E-state index contributed by atoms with van der Waals surface area (Å²) in [6, 6.07) is 12.1. The number of benzene rings is 1. The fraction of sp³-hybridized carbons (Fsp3) is 0.320. The monoisotopic (exact) mass is 483 g/mol. The van der Waals surface area contributed by atoms with Gasteiger partial charge in [0.15, 0.2) is 0 Å². The molecule has 1 N–H and O–H groups in total. The molecule has 3 aromatic heterocycles. The van der Waals surface area contributed by atoms with E-state index in [1.165, 1.54) is 19.1 Å². The van der Waals surface area contributed by atoms with E-state index in [9.17, 15) is 8.78 Å². The largest absolute Gasteiger partial charge is 0.433 e. The molecule has 0 fully saturated rings. The van der Waals surface area contributed by atoms with Gasteiger partial charge in [-0.3, -0.25) is 0 Å². The smallest absolute Gasteiger partial charge is 0.397 e. The lowest BCUT2D eigenvalue weighted by molar-refractivity contribution is -0.177. The molecule has 8 nitrogen and oxygen atoms in total. The molecule has 0 unspecified atom stereocenters. The number of pyridine rings is 1. The molecule has 0 aliphatic carbocycles. The van der Waals surface area contributed by atoms with Gasteiger partial charge in [-0.25, -0.2) is 4.98 Å². The lowest BCUT2D eigenvalue weighted by atomic mass is 10.2. The van der Waals surface area contributed by atoms with Gasteiger partial charge < -0.3 is 23.9 Å². The summed E-state index contributed by atoms with van der Waals surface area (Å²) < 4.78 is 44.1. The van der Waals surface area contributed by atoms with Crippen molar-refractivity contribution in [3.8, 4) is 28.6 Å². The molecule has 3 heterocycles. The predicted octanol–water partition coefficient (Wildman–Crippen LogP) is 5.40. The molecule has 0 aliphatic heterocycles. The molecule has 184 valence electrons. The van der Waals surface area contributed by atoms with Gasteiger partial charge >= 0.3 is 6.11 Å². The maximum atomic E-state index is 13.4. The fourth-order valence-electron chi connectivity index (χ4n) is 3.38. The van der Waals surface area contributed by atoms with Crippen molar-refractivity contribution in [3.05, 3.63) is 66.1 Å². The lowest BCUT2D eigenvalue weighted by Crippen LogP contribution is -2.22. The maximum absolute atomic E-state index is 13.4. The highest BCUT2D eigenvalue weighted by Crippen LogP contribution is 2.28. The average Bonchev–Trinajstić information content (AvgIpc) is 3.48. The molecular weight excluding hydrogens is 456 g/mol. The van der Waals surface area contributed by atoms with E-state index in [4.69, 9.17) is 14.0 Å². The molecular formula is C25H27F2N5O3. The Morgan fingerprint density at radius 1 is 1.11 bits per heavy atom. The summed E-state index contributed by atoms with van der Waals surface area (Å²) in [6.45, 7) is 5.31. The topological polar surface area (TPSA) is 87.2 Å². The Morgan fingerprint density at radius 2 is 1.91 bits per heavy atom. The van der Waals surface area contributed by atoms with Crippen molar-refractivity contribution >= 4 is 5.82 Å². The number of ether oxygens (including phenoxy) is 2. The van der Waals surface area contributed by atoms with Crippen LogP contribution < -0.4 is 10.1 Å². The van der Waals surface area contributed by atoms with Crippen LogP contribution in [0.2, 0.25) is 0 Å². The summed E-state index contributed by atoms with van der Waals surface area (Å²) in [5.74, 6) is 1.61. The lowest BCUT2D eigenvalue weighted by Gasteiger charge is -2.15. The van der Waals surface area contributed by atoms with Crippen LogP contribution in [0.5, 0.6) is 5.75 Å². The number of hydrogen-bond donors (Lipinski definition) is 1. The average molecular weight is 484 g/mol. The molecule has 0 bridgehead atoms. The molecule has 0 amide bonds. The first-order valence-electron chi connectivity index (χ1n) is 11.2. The Kier molecular flexibility index (Phi) is 7.40. The predicted molar refractivity (Wildman–Crippen MR) is 127 cm³/mol. The third-order valence-electron chi connectivity index (χ3n) is 5.37. The molecule has 1 aromatic carbocycles. The second kappa shape index (κ2) is 10.6. The first kappa shape index (κ1) is 24.3. The fourth-order valence-corrected chi connectivity index (χ4v) is 3.38. The van der Waals surface area contributed by atoms with E-state index in [-0.39, 0.29) is 5.75 Å². The number of nitrogens with one attached hydrogen (secondary N) is 1. The van der Waals surface area contributed by atoms with Gasteiger partial charge in [0.05, 0.1) is 12.2 Å². The summed E-state index contributed by atoms with van der Waals surface area (Å²) in [6.07, 6.45) is 0.171. The minimum Gasteiger partial charge on any atom is -0.433 e. The number of methoxy groups -OCH3 is 1. The highest BCUT2D eigenvalue weighted by molar-refractivity contribution is 5.60. The van der Waals surface area contributed by atoms with Gasteiger partial charge in [-0.1, -0.05) is 18.1 Å². The third kappa shape index (κ3) is 6.21. The highest BCUT2D eigenvalue weighted by Gasteiger charge is 2.28. The van der Waals surface area contributed by atoms with Gasteiger partial charge in [-0.15, -0.1) is 0 Å². The number of aryl methyl sites for hydroxylation is 1. The standard InChI is InChI=1S/C25H27F2N5O3/c1-4-25(26,27)34-21-8-6-19(7-9-21)23-30-24(35-31-23)20-13-17(2)32(16-20)15-18-5-10-22(29-14-18)28-11-12-33-3/h5-10,13-14,16H,4,11-12,15H2,1-3H3,(H,28,29). The zero-order valence-corrected chi connectivity index (χ0v) is 19.8. The first-order chi connectivity index (χ1) is 16.9. The Balaban J connectivity index is 1.43. The molecule has 0 saturated heterocycles. The minimum atomic E-state index is -3.20. The Hall–Kier alpha value is -3.79. The van der Waals surface area contributed by atoms with E-state index >= 15 is 0 Å². The summed E-state index contributed by atoms with van der Waals surface area (Å²) in [5.41, 5.74) is 3.50. The van der Waals surface area contributed by atoms with Gasteiger partial charge in [0, 0.05) is 50.3 Å². The molecule has 4 aromatic rings. The summed E-state index contributed by atoms with van der Waals surface area (Å²) in [5, 5.41) is 7.23. The number of anilines is 1. The van der Waals surface area contributed by atoms with Gasteiger partial charge in [0.2, 0.25) is 5.82 Å². The summed E-state index contributed by atoms with van der Waals surface area (Å²) >= 11 is 0. The van der Waals surface area contributed by atoms with Crippen molar-refractivity contribution in [2.75, 3.05) is 25.6 Å². The zero-order chi connectivity index (χ0) is 24.8. The quantitative estimate of drug-likeness (QED) is 0.286. The van der Waals surface area contributed by atoms with Gasteiger partial charge in [-0.2, -0.15) is 13.8 Å². The van der Waals surface area contributed by atoms with Crippen molar-refractivity contribution in [1.82, 2.24) is 19.7 Å². The molecule has 0 aliphatic rings. The van der Waals surface area contributed by atoms with Crippen LogP contribution in [-0.4, -0.2) is 46.1 Å². The number of rotatable bonds is 11. The number of alkyl halides is 2. The number of hydrogen-bond acceptors (Lipinski definition) is 7. The van der Waals surface area contributed by atoms with Crippen molar-refractivity contribution in [3.63, 3.8) is 0 Å². The van der Waals surface area contributed by atoms with E-state index in [1.54, 1.807) is 19.2 Å². The van der Waals surface area contributed by atoms with E-state index < -0.39 is 12.5 Å². The van der Waals surface area contributed by atoms with Gasteiger partial charge in [-0.05, 0) is 48.9 Å². The van der Waals surface area contributed by atoms with Crippen molar-refractivity contribution in [2.24, 2.45) is 0 Å². The van der Waals surface area contributed by atoms with Gasteiger partial charge in [0.25, 0.3) is 5.89 Å². The van der Waals surface area contributed by atoms with Crippen LogP contribution in [0, 0.1) is 6.92 Å². The molecule has 10 heteroatoms. The van der Waals surface area contributed by atoms with Crippen LogP contribution in [0.4, 0.5) is 14.6 Å². The van der Waals surface area contributed by atoms with Crippen LogP contribution in [0.3, 0.4) is 0 Å². The highest BCUT2D eigenvalue weighted by atomic mass is 19.3. The Bertz CT molecular complexity index is 1240.